The van der Waals surface area contributed by atoms with Crippen LogP contribution in [0.1, 0.15) is 6.92 Å². The minimum absolute atomic E-state index is 0.121. The number of halogens is 1. The van der Waals surface area contributed by atoms with E-state index in [1.165, 1.54) is 0 Å². The fourth-order valence-electron chi connectivity index (χ4n) is 2.03. The number of hydrogen-bond donors (Lipinski definition) is 2. The molecule has 24 heavy (non-hydrogen) atoms. The number of para-hydroxylation sites is 2. The predicted octanol–water partition coefficient (Wildman–Crippen LogP) is 3.91. The lowest BCUT2D eigenvalue weighted by Gasteiger charge is -2.18. The van der Waals surface area contributed by atoms with E-state index in [0.29, 0.717) is 19.0 Å². The smallest absolute Gasteiger partial charge is 0.246 e. The monoisotopic (exact) mass is 392 g/mol. The van der Waals surface area contributed by atoms with Crippen molar-refractivity contribution in [1.29, 1.82) is 0 Å². The highest BCUT2D eigenvalue weighted by atomic mass is 79.9. The molecule has 1 atom stereocenters. The van der Waals surface area contributed by atoms with Crippen LogP contribution in [0.25, 0.3) is 0 Å². The molecule has 0 radical (unpaired) electrons. The number of nitrogens with one attached hydrogen (secondary N) is 2. The zero-order valence-electron chi connectivity index (χ0n) is 13.7. The SMILES string of the molecule is COCCOc1ccccc1NC(C)C(=O)Nc1ccc(Br)cc1. The van der Waals surface area contributed by atoms with Crippen LogP contribution in [0.3, 0.4) is 0 Å². The molecule has 2 N–H and O–H groups in total. The van der Waals surface area contributed by atoms with Crippen molar-refractivity contribution in [2.45, 2.75) is 13.0 Å². The summed E-state index contributed by atoms with van der Waals surface area (Å²) in [5, 5.41) is 6.06. The van der Waals surface area contributed by atoms with Gasteiger partial charge >= 0.3 is 0 Å². The van der Waals surface area contributed by atoms with Gasteiger partial charge in [-0.25, -0.2) is 0 Å². The number of hydrogen-bond acceptors (Lipinski definition) is 4. The van der Waals surface area contributed by atoms with E-state index in [-0.39, 0.29) is 5.91 Å². The van der Waals surface area contributed by atoms with Crippen molar-refractivity contribution in [2.24, 2.45) is 0 Å². The van der Waals surface area contributed by atoms with Crippen molar-refractivity contribution in [2.75, 3.05) is 31.0 Å². The van der Waals surface area contributed by atoms with Crippen LogP contribution < -0.4 is 15.4 Å². The number of methoxy groups -OCH3 is 1. The lowest BCUT2D eigenvalue weighted by molar-refractivity contribution is -0.116. The first-order chi connectivity index (χ1) is 11.6. The number of amides is 1. The van der Waals surface area contributed by atoms with Crippen molar-refractivity contribution in [1.82, 2.24) is 0 Å². The molecule has 0 heterocycles. The topological polar surface area (TPSA) is 59.6 Å². The lowest BCUT2D eigenvalue weighted by atomic mass is 10.2. The van der Waals surface area contributed by atoms with Gasteiger partial charge in [0.15, 0.2) is 0 Å². The van der Waals surface area contributed by atoms with Crippen molar-refractivity contribution < 1.29 is 14.3 Å². The maximum Gasteiger partial charge on any atom is 0.246 e. The number of anilines is 2. The van der Waals surface area contributed by atoms with Crippen molar-refractivity contribution in [3.8, 4) is 5.75 Å². The van der Waals surface area contributed by atoms with Gasteiger partial charge in [-0.15, -0.1) is 0 Å². The average molecular weight is 393 g/mol. The Balaban J connectivity index is 1.96. The Bertz CT molecular complexity index is 662. The van der Waals surface area contributed by atoms with Gasteiger partial charge in [0.05, 0.1) is 12.3 Å². The maximum atomic E-state index is 12.3. The molecule has 1 unspecified atom stereocenters. The molecule has 0 fully saturated rings. The minimum atomic E-state index is -0.416. The van der Waals surface area contributed by atoms with Crippen LogP contribution in [0.5, 0.6) is 5.75 Å². The van der Waals surface area contributed by atoms with Crippen LogP contribution in [0.2, 0.25) is 0 Å². The van der Waals surface area contributed by atoms with Crippen molar-refractivity contribution in [3.05, 3.63) is 53.0 Å². The molecule has 0 saturated carbocycles. The Kier molecular flexibility index (Phi) is 7.08. The van der Waals surface area contributed by atoms with E-state index in [1.54, 1.807) is 14.0 Å². The van der Waals surface area contributed by atoms with Crippen LogP contribution in [0.4, 0.5) is 11.4 Å². The van der Waals surface area contributed by atoms with Crippen LogP contribution in [0.15, 0.2) is 53.0 Å². The number of carbonyl (C=O) groups is 1. The van der Waals surface area contributed by atoms with Gasteiger partial charge in [-0.1, -0.05) is 28.1 Å². The summed E-state index contributed by atoms with van der Waals surface area (Å²) in [7, 11) is 1.63. The second-order valence-electron chi connectivity index (χ2n) is 5.20. The third-order valence-electron chi connectivity index (χ3n) is 3.31. The molecule has 0 spiro atoms. The molecule has 2 aromatic carbocycles. The van der Waals surface area contributed by atoms with Gasteiger partial charge in [-0.05, 0) is 43.3 Å². The molecule has 128 valence electrons. The highest BCUT2D eigenvalue weighted by Crippen LogP contribution is 2.24. The third-order valence-corrected chi connectivity index (χ3v) is 3.84. The summed E-state index contributed by atoms with van der Waals surface area (Å²) in [5.41, 5.74) is 1.52. The van der Waals surface area contributed by atoms with E-state index in [9.17, 15) is 4.79 Å². The summed E-state index contributed by atoms with van der Waals surface area (Å²) in [6.45, 7) is 2.77. The zero-order valence-corrected chi connectivity index (χ0v) is 15.3. The first-order valence-electron chi connectivity index (χ1n) is 7.64. The molecule has 2 aromatic rings. The van der Waals surface area contributed by atoms with E-state index in [0.717, 1.165) is 15.8 Å². The Morgan fingerprint density at radius 1 is 1.12 bits per heavy atom. The van der Waals surface area contributed by atoms with Gasteiger partial charge in [0.2, 0.25) is 5.91 Å². The normalized spacial score (nSPS) is 11.6. The highest BCUT2D eigenvalue weighted by Gasteiger charge is 2.14. The summed E-state index contributed by atoms with van der Waals surface area (Å²) in [5.74, 6) is 0.571. The lowest BCUT2D eigenvalue weighted by Crippen LogP contribution is -2.32. The summed E-state index contributed by atoms with van der Waals surface area (Å²) in [4.78, 5) is 12.3. The third kappa shape index (κ3) is 5.54. The summed E-state index contributed by atoms with van der Waals surface area (Å²) >= 11 is 3.37. The molecule has 6 heteroatoms. The zero-order chi connectivity index (χ0) is 17.4. The molecule has 5 nitrogen and oxygen atoms in total. The van der Waals surface area contributed by atoms with Crippen LogP contribution in [-0.4, -0.2) is 32.3 Å². The fourth-order valence-corrected chi connectivity index (χ4v) is 2.29. The highest BCUT2D eigenvalue weighted by molar-refractivity contribution is 9.10. The molecule has 0 saturated heterocycles. The van der Waals surface area contributed by atoms with E-state index >= 15 is 0 Å². The molecule has 0 aliphatic carbocycles. The average Bonchev–Trinajstić information content (AvgIpc) is 2.58. The quantitative estimate of drug-likeness (QED) is 0.668. The number of carbonyl (C=O) groups excluding carboxylic acids is 1. The number of benzene rings is 2. The van der Waals surface area contributed by atoms with Crippen LogP contribution in [-0.2, 0) is 9.53 Å². The van der Waals surface area contributed by atoms with Gasteiger partial charge in [0, 0.05) is 17.3 Å². The predicted molar refractivity (Wildman–Crippen MR) is 99.7 cm³/mol. The Morgan fingerprint density at radius 3 is 2.54 bits per heavy atom. The van der Waals surface area contributed by atoms with E-state index < -0.39 is 6.04 Å². The molecule has 0 aromatic heterocycles. The first kappa shape index (κ1) is 18.3. The van der Waals surface area contributed by atoms with Gasteiger partial charge < -0.3 is 20.1 Å². The van der Waals surface area contributed by atoms with Crippen molar-refractivity contribution in [3.63, 3.8) is 0 Å². The second kappa shape index (κ2) is 9.30. The van der Waals surface area contributed by atoms with Gasteiger partial charge in [0.25, 0.3) is 0 Å². The fraction of sp³-hybridized carbons (Fsp3) is 0.278. The number of rotatable bonds is 8. The van der Waals surface area contributed by atoms with Crippen LogP contribution >= 0.6 is 15.9 Å². The molecule has 1 amide bonds. The van der Waals surface area contributed by atoms with Crippen molar-refractivity contribution >= 4 is 33.2 Å². The standard InChI is InChI=1S/C18H21BrN2O3/c1-13(18(22)21-15-9-7-14(19)8-10-15)20-16-5-3-4-6-17(16)24-12-11-23-2/h3-10,13,20H,11-12H2,1-2H3,(H,21,22). The molecular formula is C18H21BrN2O3. The Labute approximate surface area is 150 Å². The molecular weight excluding hydrogens is 372 g/mol. The maximum absolute atomic E-state index is 12.3. The minimum Gasteiger partial charge on any atom is -0.489 e. The first-order valence-corrected chi connectivity index (χ1v) is 8.43. The molecule has 0 aliphatic heterocycles. The number of ether oxygens (including phenoxy) is 2. The Hall–Kier alpha value is -2.05. The van der Waals surface area contributed by atoms with Gasteiger partial charge in [0.1, 0.15) is 18.4 Å². The van der Waals surface area contributed by atoms with E-state index in [1.807, 2.05) is 48.5 Å². The van der Waals surface area contributed by atoms with Gasteiger partial charge in [-0.2, -0.15) is 0 Å². The van der Waals surface area contributed by atoms with E-state index in [4.69, 9.17) is 9.47 Å². The summed E-state index contributed by atoms with van der Waals surface area (Å²) in [6, 6.07) is 14.6. The molecule has 0 bridgehead atoms. The molecule has 2 rings (SSSR count). The summed E-state index contributed by atoms with van der Waals surface area (Å²) < 4.78 is 11.6. The van der Waals surface area contributed by atoms with E-state index in [2.05, 4.69) is 26.6 Å². The largest absolute Gasteiger partial charge is 0.489 e. The Morgan fingerprint density at radius 2 is 1.83 bits per heavy atom. The molecule has 0 aliphatic rings. The van der Waals surface area contributed by atoms with Gasteiger partial charge in [-0.3, -0.25) is 4.79 Å². The van der Waals surface area contributed by atoms with Crippen LogP contribution in [0, 0.1) is 0 Å². The summed E-state index contributed by atoms with van der Waals surface area (Å²) in [6.07, 6.45) is 0. The second-order valence-corrected chi connectivity index (χ2v) is 6.12.